The Balaban J connectivity index is 1.62. The largest absolute Gasteiger partial charge is 0.326 e. The molecule has 0 bridgehead atoms. The first-order chi connectivity index (χ1) is 17.2. The molecule has 0 radical (unpaired) electrons. The second-order valence-electron chi connectivity index (χ2n) is 8.90. The Morgan fingerprint density at radius 2 is 1.86 bits per heavy atom. The number of anilines is 1. The van der Waals surface area contributed by atoms with Crippen molar-refractivity contribution in [2.24, 2.45) is 4.99 Å². The Hall–Kier alpha value is -3.08. The first kappa shape index (κ1) is 26.0. The number of sulfonamides is 1. The lowest BCUT2D eigenvalue weighted by molar-refractivity contribution is -0.114. The number of hydrogen-bond donors (Lipinski definition) is 1. The summed E-state index contributed by atoms with van der Waals surface area (Å²) in [7, 11) is -2.00. The van der Waals surface area contributed by atoms with Crippen LogP contribution in [-0.4, -0.2) is 42.2 Å². The maximum atomic E-state index is 13.1. The summed E-state index contributed by atoms with van der Waals surface area (Å²) in [5.74, 6) is -0.633. The molecule has 4 rings (SSSR count). The molecule has 1 N–H and O–H groups in total. The van der Waals surface area contributed by atoms with Crippen LogP contribution >= 0.6 is 11.3 Å². The van der Waals surface area contributed by atoms with E-state index < -0.39 is 15.9 Å². The number of hydrogen-bond acceptors (Lipinski definition) is 5. The summed E-state index contributed by atoms with van der Waals surface area (Å²) in [5, 5.41) is 2.76. The van der Waals surface area contributed by atoms with Crippen LogP contribution in [0, 0.1) is 0 Å². The minimum Gasteiger partial charge on any atom is -0.326 e. The summed E-state index contributed by atoms with van der Waals surface area (Å²) in [6.45, 7) is 5.70. The van der Waals surface area contributed by atoms with E-state index in [0.717, 1.165) is 42.3 Å². The number of rotatable bonds is 7. The summed E-state index contributed by atoms with van der Waals surface area (Å²) in [4.78, 5) is 29.4. The molecule has 1 saturated carbocycles. The fourth-order valence-corrected chi connectivity index (χ4v) is 6.97. The highest BCUT2D eigenvalue weighted by atomic mass is 32.2. The highest BCUT2D eigenvalue weighted by Crippen LogP contribution is 2.27. The minimum absolute atomic E-state index is 0.0134. The van der Waals surface area contributed by atoms with E-state index in [-0.39, 0.29) is 16.8 Å². The average Bonchev–Trinajstić information content (AvgIpc) is 3.20. The van der Waals surface area contributed by atoms with Crippen LogP contribution < -0.4 is 10.1 Å². The van der Waals surface area contributed by atoms with E-state index in [1.807, 2.05) is 16.7 Å². The number of fused-ring (bicyclic) bond motifs is 1. The van der Waals surface area contributed by atoms with Crippen molar-refractivity contribution in [3.05, 3.63) is 65.5 Å². The molecule has 1 aliphatic rings. The fourth-order valence-electron chi connectivity index (χ4n) is 4.47. The molecule has 10 heteroatoms. The van der Waals surface area contributed by atoms with E-state index in [1.54, 1.807) is 19.2 Å². The van der Waals surface area contributed by atoms with Crippen LogP contribution in [0.5, 0.6) is 0 Å². The molecule has 3 aromatic rings. The molecule has 1 aliphatic carbocycles. The van der Waals surface area contributed by atoms with Gasteiger partial charge in [-0.25, -0.2) is 8.42 Å². The predicted octanol–water partition coefficient (Wildman–Crippen LogP) is 4.54. The van der Waals surface area contributed by atoms with Crippen molar-refractivity contribution >= 4 is 49.1 Å². The number of aromatic nitrogens is 1. The summed E-state index contributed by atoms with van der Waals surface area (Å²) >= 11 is 1.33. The van der Waals surface area contributed by atoms with Crippen LogP contribution in [0.25, 0.3) is 10.2 Å². The number of nitrogens with one attached hydrogen (secondary N) is 1. The fraction of sp³-hybridized carbons (Fsp3) is 0.346. The van der Waals surface area contributed by atoms with Crippen molar-refractivity contribution in [1.29, 1.82) is 0 Å². The monoisotopic (exact) mass is 526 g/mol. The van der Waals surface area contributed by atoms with Crippen LogP contribution in [0.2, 0.25) is 0 Å². The third-order valence-electron chi connectivity index (χ3n) is 6.38. The second kappa shape index (κ2) is 10.9. The van der Waals surface area contributed by atoms with E-state index in [0.29, 0.717) is 22.6 Å². The van der Waals surface area contributed by atoms with Gasteiger partial charge < -0.3 is 9.88 Å². The van der Waals surface area contributed by atoms with Gasteiger partial charge in [-0.2, -0.15) is 9.30 Å². The highest BCUT2D eigenvalue weighted by molar-refractivity contribution is 7.89. The first-order valence-electron chi connectivity index (χ1n) is 11.9. The van der Waals surface area contributed by atoms with E-state index in [4.69, 9.17) is 0 Å². The molecular formula is C26H30N4O4S2. The highest BCUT2D eigenvalue weighted by Gasteiger charge is 2.29. The quantitative estimate of drug-likeness (QED) is 0.457. The SMILES string of the molecule is C=CCn1c(=NC(=O)c2ccc(S(=O)(=O)N(C)C3CCCCC3)cc2)sc2cc(NC(C)=O)ccc21. The zero-order valence-electron chi connectivity index (χ0n) is 20.4. The van der Waals surface area contributed by atoms with Crippen molar-refractivity contribution in [1.82, 2.24) is 8.87 Å². The van der Waals surface area contributed by atoms with E-state index in [1.165, 1.54) is 46.8 Å². The average molecular weight is 527 g/mol. The van der Waals surface area contributed by atoms with Gasteiger partial charge >= 0.3 is 0 Å². The summed E-state index contributed by atoms with van der Waals surface area (Å²) < 4.78 is 30.4. The Morgan fingerprint density at radius 3 is 2.50 bits per heavy atom. The number of nitrogens with zero attached hydrogens (tertiary/aromatic N) is 3. The molecule has 1 fully saturated rings. The molecule has 2 amide bonds. The van der Waals surface area contributed by atoms with Crippen molar-refractivity contribution in [2.75, 3.05) is 12.4 Å². The van der Waals surface area contributed by atoms with Crippen molar-refractivity contribution in [2.45, 2.75) is 56.5 Å². The molecule has 0 unspecified atom stereocenters. The summed E-state index contributed by atoms with van der Waals surface area (Å²) in [5.41, 5.74) is 1.83. The number of allylic oxidation sites excluding steroid dienone is 1. The number of benzene rings is 2. The lowest BCUT2D eigenvalue weighted by Crippen LogP contribution is -2.38. The lowest BCUT2D eigenvalue weighted by atomic mass is 9.96. The standard InChI is InChI=1S/C26H30N4O4S2/c1-4-16-30-23-15-12-20(27-18(2)31)17-24(23)35-26(30)28-25(32)19-10-13-22(14-11-19)36(33,34)29(3)21-8-6-5-7-9-21/h4,10-15,17,21H,1,5-9,16H2,2-3H3,(H,27,31). The Labute approximate surface area is 215 Å². The van der Waals surface area contributed by atoms with Crippen molar-refractivity contribution in [3.8, 4) is 0 Å². The molecule has 8 nitrogen and oxygen atoms in total. The molecular weight excluding hydrogens is 496 g/mol. The van der Waals surface area contributed by atoms with E-state index >= 15 is 0 Å². The normalized spacial score (nSPS) is 15.4. The van der Waals surface area contributed by atoms with Gasteiger partial charge in [-0.3, -0.25) is 9.59 Å². The minimum atomic E-state index is -3.64. The zero-order chi connectivity index (χ0) is 25.9. The Morgan fingerprint density at radius 1 is 1.17 bits per heavy atom. The van der Waals surface area contributed by atoms with Gasteiger partial charge in [0.25, 0.3) is 5.91 Å². The lowest BCUT2D eigenvalue weighted by Gasteiger charge is -2.30. The number of amides is 2. The zero-order valence-corrected chi connectivity index (χ0v) is 22.1. The number of carbonyl (C=O) groups excluding carboxylic acids is 2. The van der Waals surface area contributed by atoms with Crippen molar-refractivity contribution < 1.29 is 18.0 Å². The smallest absolute Gasteiger partial charge is 0.279 e. The Kier molecular flexibility index (Phi) is 7.87. The molecule has 0 aliphatic heterocycles. The second-order valence-corrected chi connectivity index (χ2v) is 11.9. The van der Waals surface area contributed by atoms with Gasteiger partial charge in [-0.15, -0.1) is 6.58 Å². The van der Waals surface area contributed by atoms with Crippen LogP contribution in [0.4, 0.5) is 5.69 Å². The molecule has 36 heavy (non-hydrogen) atoms. The van der Waals surface area contributed by atoms with Crippen LogP contribution in [0.3, 0.4) is 0 Å². The maximum absolute atomic E-state index is 13.1. The van der Waals surface area contributed by atoms with Crippen LogP contribution in [0.1, 0.15) is 49.4 Å². The molecule has 1 heterocycles. The van der Waals surface area contributed by atoms with Crippen LogP contribution in [0.15, 0.2) is 65.0 Å². The van der Waals surface area contributed by atoms with Gasteiger partial charge in [0, 0.05) is 37.8 Å². The topological polar surface area (TPSA) is 101 Å². The molecule has 0 spiro atoms. The summed E-state index contributed by atoms with van der Waals surface area (Å²) in [6, 6.07) is 11.5. The molecule has 2 aromatic carbocycles. The van der Waals surface area contributed by atoms with Gasteiger partial charge in [-0.1, -0.05) is 36.7 Å². The van der Waals surface area contributed by atoms with Gasteiger partial charge in [-0.05, 0) is 55.3 Å². The van der Waals surface area contributed by atoms with Crippen LogP contribution in [-0.2, 0) is 21.4 Å². The van der Waals surface area contributed by atoms with E-state index in [2.05, 4.69) is 16.9 Å². The van der Waals surface area contributed by atoms with Gasteiger partial charge in [0.2, 0.25) is 15.9 Å². The molecule has 1 aromatic heterocycles. The van der Waals surface area contributed by atoms with Crippen molar-refractivity contribution in [3.63, 3.8) is 0 Å². The summed E-state index contributed by atoms with van der Waals surface area (Å²) in [6.07, 6.45) is 6.69. The number of carbonyl (C=O) groups is 2. The third kappa shape index (κ3) is 5.50. The van der Waals surface area contributed by atoms with Gasteiger partial charge in [0.05, 0.1) is 15.1 Å². The first-order valence-corrected chi connectivity index (χ1v) is 14.2. The number of thiazole rings is 1. The molecule has 190 valence electrons. The maximum Gasteiger partial charge on any atom is 0.279 e. The Bertz CT molecular complexity index is 1460. The third-order valence-corrected chi connectivity index (χ3v) is 9.34. The van der Waals surface area contributed by atoms with E-state index in [9.17, 15) is 18.0 Å². The van der Waals surface area contributed by atoms with Gasteiger partial charge in [0.1, 0.15) is 0 Å². The molecule has 0 saturated heterocycles. The molecule has 0 atom stereocenters. The predicted molar refractivity (Wildman–Crippen MR) is 142 cm³/mol. The van der Waals surface area contributed by atoms with Gasteiger partial charge in [0.15, 0.2) is 4.80 Å².